The van der Waals surface area contributed by atoms with Gasteiger partial charge in [0.25, 0.3) is 0 Å². The summed E-state index contributed by atoms with van der Waals surface area (Å²) in [6.45, 7) is 2.03. The lowest BCUT2D eigenvalue weighted by molar-refractivity contribution is -0.140. The minimum atomic E-state index is -4.32. The van der Waals surface area contributed by atoms with Crippen molar-refractivity contribution in [3.63, 3.8) is 0 Å². The van der Waals surface area contributed by atoms with Gasteiger partial charge in [-0.2, -0.15) is 13.2 Å². The fourth-order valence-corrected chi connectivity index (χ4v) is 3.53. The maximum Gasteiger partial charge on any atom is 0.416 e. The number of unbranched alkanes of at least 4 members (excludes halogenated alkanes) is 1. The Balaban J connectivity index is 1.92. The van der Waals surface area contributed by atoms with Crippen LogP contribution in [0.4, 0.5) is 13.2 Å². The van der Waals surface area contributed by atoms with Gasteiger partial charge < -0.3 is 10.4 Å². The molecule has 0 aromatic heterocycles. The molecule has 140 valence electrons. The van der Waals surface area contributed by atoms with E-state index in [0.29, 0.717) is 6.42 Å². The molecule has 1 aliphatic carbocycles. The Labute approximate surface area is 146 Å². The second-order valence-corrected chi connectivity index (χ2v) is 6.87. The van der Waals surface area contributed by atoms with Gasteiger partial charge in [0.2, 0.25) is 0 Å². The van der Waals surface area contributed by atoms with Crippen LogP contribution in [0.5, 0.6) is 0 Å². The van der Waals surface area contributed by atoms with Gasteiger partial charge in [-0.3, -0.25) is 4.79 Å². The number of nitrogens with one attached hydrogen (secondary N) is 1. The quantitative estimate of drug-likeness (QED) is 0.725. The van der Waals surface area contributed by atoms with Crippen LogP contribution in [-0.4, -0.2) is 23.2 Å². The third-order valence-corrected chi connectivity index (χ3v) is 4.99. The molecule has 1 atom stereocenters. The van der Waals surface area contributed by atoms with Crippen LogP contribution < -0.4 is 5.32 Å². The van der Waals surface area contributed by atoms with Gasteiger partial charge in [-0.05, 0) is 49.7 Å². The zero-order chi connectivity index (χ0) is 18.4. The van der Waals surface area contributed by atoms with Gasteiger partial charge in [0.1, 0.15) is 6.04 Å². The number of hydrogen-bond donors (Lipinski definition) is 2. The number of carbonyl (C=O) groups is 1. The number of halogens is 3. The summed E-state index contributed by atoms with van der Waals surface area (Å²) >= 11 is 0. The molecule has 2 rings (SSSR count). The molecule has 1 aliphatic rings. The predicted octanol–water partition coefficient (Wildman–Crippen LogP) is 4.96. The number of carboxylic acids is 1. The Hall–Kier alpha value is -1.56. The fourth-order valence-electron chi connectivity index (χ4n) is 3.53. The first-order chi connectivity index (χ1) is 11.8. The lowest BCUT2D eigenvalue weighted by Gasteiger charge is -2.31. The Morgan fingerprint density at radius 3 is 2.52 bits per heavy atom. The normalized spacial score (nSPS) is 22.6. The third-order valence-electron chi connectivity index (χ3n) is 4.99. The van der Waals surface area contributed by atoms with E-state index in [4.69, 9.17) is 0 Å². The fraction of sp³-hybridized carbons (Fsp3) is 0.632. The highest BCUT2D eigenvalue weighted by Gasteiger charge is 2.32. The molecule has 0 heterocycles. The number of rotatable bonds is 7. The Morgan fingerprint density at radius 1 is 1.28 bits per heavy atom. The van der Waals surface area contributed by atoms with E-state index in [2.05, 4.69) is 5.32 Å². The van der Waals surface area contributed by atoms with E-state index in [1.807, 2.05) is 6.92 Å². The smallest absolute Gasteiger partial charge is 0.416 e. The number of hydrogen-bond acceptors (Lipinski definition) is 2. The molecule has 1 aromatic carbocycles. The van der Waals surface area contributed by atoms with Gasteiger partial charge in [0, 0.05) is 6.04 Å². The Kier molecular flexibility index (Phi) is 6.87. The molecule has 0 spiro atoms. The molecule has 0 saturated heterocycles. The summed E-state index contributed by atoms with van der Waals surface area (Å²) in [5.41, 5.74) is 0.129. The average Bonchev–Trinajstić information content (AvgIpc) is 2.58. The van der Waals surface area contributed by atoms with Crippen LogP contribution in [0.1, 0.15) is 68.9 Å². The van der Waals surface area contributed by atoms with Crippen LogP contribution in [0.15, 0.2) is 24.3 Å². The standard InChI is InChI=1S/C19H26F3NO2/c1-2-3-7-17(18(24)25)23-16-10-8-13(9-11-16)14-5-4-6-15(12-14)19(20,21)22/h4-6,12-13,16-17,23H,2-3,7-11H2,1H3,(H,24,25)/t13?,16?,17-/m0/s1. The summed E-state index contributed by atoms with van der Waals surface area (Å²) in [7, 11) is 0. The number of carboxylic acid groups (broad SMARTS) is 1. The SMILES string of the molecule is CCCC[C@H](NC1CCC(c2cccc(C(F)(F)F)c2)CC1)C(=O)O. The first-order valence-electron chi connectivity index (χ1n) is 8.97. The average molecular weight is 357 g/mol. The van der Waals surface area contributed by atoms with Crippen molar-refractivity contribution in [2.75, 3.05) is 0 Å². The van der Waals surface area contributed by atoms with Crippen LogP contribution in [0.25, 0.3) is 0 Å². The zero-order valence-corrected chi connectivity index (χ0v) is 14.5. The molecule has 1 saturated carbocycles. The van der Waals surface area contributed by atoms with Crippen molar-refractivity contribution >= 4 is 5.97 Å². The van der Waals surface area contributed by atoms with Gasteiger partial charge in [0.15, 0.2) is 0 Å². The van der Waals surface area contributed by atoms with Crippen molar-refractivity contribution in [3.8, 4) is 0 Å². The molecular formula is C19H26F3NO2. The highest BCUT2D eigenvalue weighted by Crippen LogP contribution is 2.36. The molecule has 2 N–H and O–H groups in total. The van der Waals surface area contributed by atoms with Gasteiger partial charge in [-0.1, -0.05) is 38.0 Å². The zero-order valence-electron chi connectivity index (χ0n) is 14.5. The Morgan fingerprint density at radius 2 is 1.96 bits per heavy atom. The number of aliphatic carboxylic acids is 1. The molecule has 0 amide bonds. The van der Waals surface area contributed by atoms with E-state index in [1.165, 1.54) is 12.1 Å². The van der Waals surface area contributed by atoms with Gasteiger partial charge in [0.05, 0.1) is 5.56 Å². The van der Waals surface area contributed by atoms with E-state index in [1.54, 1.807) is 6.07 Å². The van der Waals surface area contributed by atoms with E-state index in [0.717, 1.165) is 50.2 Å². The van der Waals surface area contributed by atoms with E-state index >= 15 is 0 Å². The van der Waals surface area contributed by atoms with Crippen LogP contribution in [0, 0.1) is 0 Å². The summed E-state index contributed by atoms with van der Waals surface area (Å²) in [4.78, 5) is 11.3. The van der Waals surface area contributed by atoms with E-state index in [9.17, 15) is 23.1 Å². The van der Waals surface area contributed by atoms with Crippen molar-refractivity contribution in [3.05, 3.63) is 35.4 Å². The molecule has 3 nitrogen and oxygen atoms in total. The Bertz CT molecular complexity index is 566. The van der Waals surface area contributed by atoms with E-state index in [-0.39, 0.29) is 12.0 Å². The lowest BCUT2D eigenvalue weighted by Crippen LogP contribution is -2.44. The molecule has 0 bridgehead atoms. The largest absolute Gasteiger partial charge is 0.480 e. The maximum atomic E-state index is 12.9. The maximum absolute atomic E-state index is 12.9. The van der Waals surface area contributed by atoms with Gasteiger partial charge >= 0.3 is 12.1 Å². The van der Waals surface area contributed by atoms with Crippen molar-refractivity contribution in [1.29, 1.82) is 0 Å². The first-order valence-corrected chi connectivity index (χ1v) is 8.97. The first kappa shape index (κ1) is 19.8. The molecule has 1 aromatic rings. The number of benzene rings is 1. The van der Waals surface area contributed by atoms with Gasteiger partial charge in [-0.25, -0.2) is 0 Å². The molecule has 0 unspecified atom stereocenters. The second kappa shape index (κ2) is 8.70. The second-order valence-electron chi connectivity index (χ2n) is 6.87. The molecule has 25 heavy (non-hydrogen) atoms. The predicted molar refractivity (Wildman–Crippen MR) is 90.5 cm³/mol. The monoisotopic (exact) mass is 357 g/mol. The highest BCUT2D eigenvalue weighted by atomic mass is 19.4. The topological polar surface area (TPSA) is 49.3 Å². The molecule has 0 aliphatic heterocycles. The molecular weight excluding hydrogens is 331 g/mol. The van der Waals surface area contributed by atoms with Crippen LogP contribution in [-0.2, 0) is 11.0 Å². The van der Waals surface area contributed by atoms with Gasteiger partial charge in [-0.15, -0.1) is 0 Å². The minimum absolute atomic E-state index is 0.110. The molecule has 6 heteroatoms. The van der Waals surface area contributed by atoms with E-state index < -0.39 is 23.8 Å². The minimum Gasteiger partial charge on any atom is -0.480 e. The number of alkyl halides is 3. The summed E-state index contributed by atoms with van der Waals surface area (Å²) in [6.07, 6.45) is 1.24. The van der Waals surface area contributed by atoms with Crippen LogP contribution in [0.2, 0.25) is 0 Å². The highest BCUT2D eigenvalue weighted by molar-refractivity contribution is 5.73. The summed E-state index contributed by atoms with van der Waals surface area (Å²) in [5, 5.41) is 12.5. The van der Waals surface area contributed by atoms with Crippen molar-refractivity contribution in [1.82, 2.24) is 5.32 Å². The summed E-state index contributed by atoms with van der Waals surface area (Å²) in [5.74, 6) is -0.715. The molecule has 1 fully saturated rings. The summed E-state index contributed by atoms with van der Waals surface area (Å²) in [6, 6.07) is 5.17. The summed E-state index contributed by atoms with van der Waals surface area (Å²) < 4.78 is 38.6. The van der Waals surface area contributed by atoms with Crippen molar-refractivity contribution < 1.29 is 23.1 Å². The van der Waals surface area contributed by atoms with Crippen LogP contribution >= 0.6 is 0 Å². The lowest BCUT2D eigenvalue weighted by atomic mass is 9.81. The van der Waals surface area contributed by atoms with Crippen molar-refractivity contribution in [2.45, 2.75) is 76.0 Å². The third kappa shape index (κ3) is 5.73. The molecule has 0 radical (unpaired) electrons. The van der Waals surface area contributed by atoms with Crippen LogP contribution in [0.3, 0.4) is 0 Å². The van der Waals surface area contributed by atoms with Crippen molar-refractivity contribution in [2.24, 2.45) is 0 Å².